The minimum atomic E-state index is 0.550. The zero-order valence-electron chi connectivity index (χ0n) is 7.41. The van der Waals surface area contributed by atoms with Gasteiger partial charge in [0.05, 0.1) is 0 Å². The van der Waals surface area contributed by atoms with Crippen molar-refractivity contribution < 1.29 is 0 Å². The lowest BCUT2D eigenvalue weighted by atomic mass is 9.90. The summed E-state index contributed by atoms with van der Waals surface area (Å²) in [6.45, 7) is 0. The first-order valence-electron chi connectivity index (χ1n) is 4.64. The van der Waals surface area contributed by atoms with Crippen molar-refractivity contribution in [2.45, 2.75) is 25.2 Å². The van der Waals surface area contributed by atoms with Gasteiger partial charge in [-0.3, -0.25) is 0 Å². The van der Waals surface area contributed by atoms with Gasteiger partial charge in [-0.2, -0.15) is 0 Å². The lowest BCUT2D eigenvalue weighted by Crippen LogP contribution is -1.99. The first-order chi connectivity index (χ1) is 6.36. The predicted octanol–water partition coefficient (Wildman–Crippen LogP) is 3.56. The Balaban J connectivity index is 2.24. The molecule has 13 heavy (non-hydrogen) atoms. The topological polar surface area (TPSA) is 12.9 Å². The summed E-state index contributed by atoms with van der Waals surface area (Å²) in [5, 5.41) is 0.594. The molecule has 2 heteroatoms. The summed E-state index contributed by atoms with van der Waals surface area (Å²) in [7, 11) is 0. The third-order valence-electron chi connectivity index (χ3n) is 2.43. The van der Waals surface area contributed by atoms with Crippen LogP contribution in [0.25, 0.3) is 0 Å². The van der Waals surface area contributed by atoms with Crippen LogP contribution in [0.15, 0.2) is 30.5 Å². The summed E-state index contributed by atoms with van der Waals surface area (Å²) >= 11 is 5.83. The van der Waals surface area contributed by atoms with Crippen LogP contribution < -0.4 is 0 Å². The van der Waals surface area contributed by atoms with Crippen LogP contribution in [-0.4, -0.2) is 4.98 Å². The number of allylic oxidation sites excluding steroid dienone is 2. The number of nitrogens with zero attached hydrogens (tertiary/aromatic N) is 1. The van der Waals surface area contributed by atoms with Gasteiger partial charge in [-0.1, -0.05) is 23.8 Å². The Morgan fingerprint density at radius 1 is 1.46 bits per heavy atom. The fourth-order valence-electron chi connectivity index (χ4n) is 1.74. The molecule has 0 N–H and O–H groups in total. The van der Waals surface area contributed by atoms with Gasteiger partial charge >= 0.3 is 0 Å². The summed E-state index contributed by atoms with van der Waals surface area (Å²) in [5.41, 5.74) is 1.29. The van der Waals surface area contributed by atoms with Gasteiger partial charge in [-0.25, -0.2) is 4.98 Å². The molecule has 1 heterocycles. The van der Waals surface area contributed by atoms with Crippen LogP contribution in [0.4, 0.5) is 0 Å². The molecule has 1 aromatic heterocycles. The van der Waals surface area contributed by atoms with Crippen molar-refractivity contribution in [1.29, 1.82) is 0 Å². The molecule has 0 aromatic carbocycles. The maximum Gasteiger partial charge on any atom is 0.129 e. The quantitative estimate of drug-likeness (QED) is 0.491. The van der Waals surface area contributed by atoms with Gasteiger partial charge in [-0.15, -0.1) is 0 Å². The molecular weight excluding hydrogens is 182 g/mol. The zero-order valence-corrected chi connectivity index (χ0v) is 8.17. The van der Waals surface area contributed by atoms with Gasteiger partial charge in [0.25, 0.3) is 0 Å². The standard InChI is InChI=1S/C11H12ClN/c12-11-8-10(6-7-13-11)9-4-2-1-3-5-9/h2,4,6-9H,1,3,5H2/t9-/m1/s1. The van der Waals surface area contributed by atoms with E-state index in [4.69, 9.17) is 11.6 Å². The molecule has 0 unspecified atom stereocenters. The van der Waals surface area contributed by atoms with E-state index in [2.05, 4.69) is 17.1 Å². The van der Waals surface area contributed by atoms with Gasteiger partial charge in [0.15, 0.2) is 0 Å². The Morgan fingerprint density at radius 2 is 2.38 bits per heavy atom. The summed E-state index contributed by atoms with van der Waals surface area (Å²) in [5.74, 6) is 0.550. The maximum absolute atomic E-state index is 5.83. The SMILES string of the molecule is Clc1cc([C@@H]2C=CCCC2)ccn1. The minimum Gasteiger partial charge on any atom is -0.245 e. The second-order valence-electron chi connectivity index (χ2n) is 3.38. The van der Waals surface area contributed by atoms with Crippen molar-refractivity contribution in [3.05, 3.63) is 41.2 Å². The fourth-order valence-corrected chi connectivity index (χ4v) is 1.92. The van der Waals surface area contributed by atoms with Gasteiger partial charge in [0, 0.05) is 12.1 Å². The normalized spacial score (nSPS) is 21.8. The van der Waals surface area contributed by atoms with E-state index in [1.54, 1.807) is 6.20 Å². The highest BCUT2D eigenvalue weighted by Gasteiger charge is 2.10. The molecule has 0 aliphatic heterocycles. The number of hydrogen-bond acceptors (Lipinski definition) is 1. The maximum atomic E-state index is 5.83. The number of hydrogen-bond donors (Lipinski definition) is 0. The van der Waals surface area contributed by atoms with Crippen LogP contribution in [0, 0.1) is 0 Å². The largest absolute Gasteiger partial charge is 0.245 e. The molecule has 1 aliphatic carbocycles. The molecule has 0 radical (unpaired) electrons. The zero-order chi connectivity index (χ0) is 9.10. The minimum absolute atomic E-state index is 0.550. The summed E-state index contributed by atoms with van der Waals surface area (Å²) < 4.78 is 0. The molecule has 1 atom stereocenters. The first-order valence-corrected chi connectivity index (χ1v) is 5.02. The van der Waals surface area contributed by atoms with E-state index in [1.807, 2.05) is 12.1 Å². The van der Waals surface area contributed by atoms with Crippen LogP contribution >= 0.6 is 11.6 Å². The van der Waals surface area contributed by atoms with Crippen molar-refractivity contribution >= 4 is 11.6 Å². The third-order valence-corrected chi connectivity index (χ3v) is 2.64. The van der Waals surface area contributed by atoms with Crippen molar-refractivity contribution in [2.75, 3.05) is 0 Å². The van der Waals surface area contributed by atoms with E-state index in [0.29, 0.717) is 11.1 Å². The molecule has 1 aliphatic rings. The molecule has 0 saturated carbocycles. The van der Waals surface area contributed by atoms with E-state index >= 15 is 0 Å². The van der Waals surface area contributed by atoms with Gasteiger partial charge in [0.1, 0.15) is 5.15 Å². The number of aromatic nitrogens is 1. The molecule has 1 nitrogen and oxygen atoms in total. The van der Waals surface area contributed by atoms with Crippen molar-refractivity contribution in [3.8, 4) is 0 Å². The van der Waals surface area contributed by atoms with E-state index in [9.17, 15) is 0 Å². The second kappa shape index (κ2) is 3.93. The number of pyridine rings is 1. The molecule has 0 amide bonds. The van der Waals surface area contributed by atoms with Crippen LogP contribution in [0.3, 0.4) is 0 Å². The van der Waals surface area contributed by atoms with Gasteiger partial charge in [-0.05, 0) is 37.0 Å². The lowest BCUT2D eigenvalue weighted by molar-refractivity contribution is 0.654. The molecular formula is C11H12ClN. The smallest absolute Gasteiger partial charge is 0.129 e. The second-order valence-corrected chi connectivity index (χ2v) is 3.76. The average Bonchev–Trinajstić information content (AvgIpc) is 2.19. The highest BCUT2D eigenvalue weighted by molar-refractivity contribution is 6.29. The summed E-state index contributed by atoms with van der Waals surface area (Å²) in [6, 6.07) is 4.01. The predicted molar refractivity (Wildman–Crippen MR) is 55.0 cm³/mol. The third kappa shape index (κ3) is 2.10. The molecule has 0 saturated heterocycles. The molecule has 1 aromatic rings. The Labute approximate surface area is 83.4 Å². The van der Waals surface area contributed by atoms with E-state index in [-0.39, 0.29) is 0 Å². The Hall–Kier alpha value is -0.820. The summed E-state index contributed by atoms with van der Waals surface area (Å²) in [6.07, 6.45) is 10.0. The van der Waals surface area contributed by atoms with Crippen molar-refractivity contribution in [3.63, 3.8) is 0 Å². The Kier molecular flexibility index (Phi) is 2.65. The van der Waals surface area contributed by atoms with Crippen molar-refractivity contribution in [1.82, 2.24) is 4.98 Å². The summed E-state index contributed by atoms with van der Waals surface area (Å²) in [4.78, 5) is 3.98. The van der Waals surface area contributed by atoms with Crippen LogP contribution in [0.1, 0.15) is 30.7 Å². The van der Waals surface area contributed by atoms with Crippen LogP contribution in [-0.2, 0) is 0 Å². The van der Waals surface area contributed by atoms with Crippen LogP contribution in [0.2, 0.25) is 5.15 Å². The highest BCUT2D eigenvalue weighted by Crippen LogP contribution is 2.28. The van der Waals surface area contributed by atoms with E-state index < -0.39 is 0 Å². The van der Waals surface area contributed by atoms with Gasteiger partial charge < -0.3 is 0 Å². The molecule has 0 bridgehead atoms. The number of halogens is 1. The molecule has 68 valence electrons. The average molecular weight is 194 g/mol. The first kappa shape index (κ1) is 8.76. The lowest BCUT2D eigenvalue weighted by Gasteiger charge is -2.16. The molecule has 2 rings (SSSR count). The Morgan fingerprint density at radius 3 is 3.08 bits per heavy atom. The fraction of sp³-hybridized carbons (Fsp3) is 0.364. The van der Waals surface area contributed by atoms with Crippen molar-refractivity contribution in [2.24, 2.45) is 0 Å². The molecule has 0 spiro atoms. The molecule has 0 fully saturated rings. The van der Waals surface area contributed by atoms with Gasteiger partial charge in [0.2, 0.25) is 0 Å². The van der Waals surface area contributed by atoms with Crippen LogP contribution in [0.5, 0.6) is 0 Å². The van der Waals surface area contributed by atoms with E-state index in [1.165, 1.54) is 24.8 Å². The number of rotatable bonds is 1. The Bertz CT molecular complexity index is 320. The highest BCUT2D eigenvalue weighted by atomic mass is 35.5. The monoisotopic (exact) mass is 193 g/mol. The van der Waals surface area contributed by atoms with E-state index in [0.717, 1.165) is 0 Å².